The number of para-hydroxylation sites is 2. The monoisotopic (exact) mass is 541 g/mol. The quantitative estimate of drug-likeness (QED) is 0.218. The number of benzene rings is 2. The van der Waals surface area contributed by atoms with E-state index in [9.17, 15) is 19.5 Å². The third-order valence-electron chi connectivity index (χ3n) is 6.17. The number of cyclic esters (lactones) is 2. The van der Waals surface area contributed by atoms with E-state index in [0.717, 1.165) is 11.1 Å². The van der Waals surface area contributed by atoms with Crippen LogP contribution in [0.4, 0.5) is 0 Å². The summed E-state index contributed by atoms with van der Waals surface area (Å²) >= 11 is 0. The smallest absolute Gasteiger partial charge is 0.422 e. The zero-order chi connectivity index (χ0) is 27.8. The molecule has 11 nitrogen and oxygen atoms in total. The van der Waals surface area contributed by atoms with Crippen LogP contribution in [0.2, 0.25) is 0 Å². The fraction of sp³-hybridized carbons (Fsp3) is 0.393. The molecule has 2 aromatic rings. The Bertz CT molecular complexity index is 1200. The van der Waals surface area contributed by atoms with Gasteiger partial charge in [-0.05, 0) is 61.6 Å². The summed E-state index contributed by atoms with van der Waals surface area (Å²) in [7, 11) is 0. The van der Waals surface area contributed by atoms with Crippen LogP contribution < -0.4 is 19.5 Å². The maximum atomic E-state index is 12.0. The van der Waals surface area contributed by atoms with Gasteiger partial charge in [0.2, 0.25) is 0 Å². The predicted molar refractivity (Wildman–Crippen MR) is 136 cm³/mol. The van der Waals surface area contributed by atoms with Crippen LogP contribution in [0.15, 0.2) is 55.1 Å². The van der Waals surface area contributed by atoms with Gasteiger partial charge < -0.3 is 33.5 Å². The van der Waals surface area contributed by atoms with Gasteiger partial charge in [-0.2, -0.15) is 0 Å². The van der Waals surface area contributed by atoms with Crippen molar-refractivity contribution in [3.05, 3.63) is 66.2 Å². The maximum absolute atomic E-state index is 12.0. The Kier molecular flexibility index (Phi) is 9.05. The van der Waals surface area contributed by atoms with Crippen LogP contribution in [-0.2, 0) is 41.4 Å². The molecule has 11 heteroatoms. The summed E-state index contributed by atoms with van der Waals surface area (Å²) in [5.41, 5.74) is 2.02. The predicted octanol–water partition coefficient (Wildman–Crippen LogP) is 1.83. The highest BCUT2D eigenvalue weighted by atomic mass is 16.8. The Morgan fingerprint density at radius 3 is 2.54 bits per heavy atom. The minimum atomic E-state index is -2.13. The lowest BCUT2D eigenvalue weighted by atomic mass is 9.88. The summed E-state index contributed by atoms with van der Waals surface area (Å²) in [5.74, 6) is -3.77. The highest BCUT2D eigenvalue weighted by molar-refractivity contribution is 6.31. The number of fused-ring (bicyclic) bond motifs is 1. The first-order valence-electron chi connectivity index (χ1n) is 12.6. The average Bonchev–Trinajstić information content (AvgIpc) is 3.23. The van der Waals surface area contributed by atoms with Gasteiger partial charge in [-0.3, -0.25) is 0 Å². The minimum absolute atomic E-state index is 0.211. The van der Waals surface area contributed by atoms with E-state index in [-0.39, 0.29) is 32.5 Å². The molecule has 1 heterocycles. The van der Waals surface area contributed by atoms with E-state index in [0.29, 0.717) is 36.5 Å². The minimum Gasteiger partial charge on any atom is -0.487 e. The Morgan fingerprint density at radius 1 is 1.13 bits per heavy atom. The number of carbonyl (C=O) groups excluding carboxylic acids is 3. The zero-order valence-corrected chi connectivity index (χ0v) is 21.6. The molecule has 39 heavy (non-hydrogen) atoms. The van der Waals surface area contributed by atoms with Crippen molar-refractivity contribution in [2.45, 2.75) is 44.2 Å². The Hall–Kier alpha value is -4.09. The zero-order valence-electron chi connectivity index (χ0n) is 21.6. The Balaban J connectivity index is 1.44. The first-order valence-corrected chi connectivity index (χ1v) is 12.6. The number of aliphatic hydroxyl groups excluding tert-OH is 1. The molecule has 0 aromatic heterocycles. The largest absolute Gasteiger partial charge is 0.487 e. The maximum Gasteiger partial charge on any atom is 0.422 e. The van der Waals surface area contributed by atoms with E-state index in [4.69, 9.17) is 28.4 Å². The molecule has 1 saturated heterocycles. The molecule has 0 bridgehead atoms. The standard InChI is InChI=1S/C28H31NO10/c1-3-13-35-22-7-5-6-8-23(22)37-16-24(30)28(38-26(32)27(33)39-28)29-20-11-9-18-10-12-21(15-19(18)14-20)36-17-25(31)34-4-2/h3,5-8,10,12,15,20,24,29-30H,1,4,9,11,13-14,16-17H2,2H3/t20-,24?/m0/s1. The van der Waals surface area contributed by atoms with Gasteiger partial charge in [0.15, 0.2) is 24.2 Å². The molecule has 2 aliphatic rings. The Morgan fingerprint density at radius 2 is 1.85 bits per heavy atom. The SMILES string of the molecule is C=CCOc1ccccc1OCC(O)C1(N[C@H]2CCc3ccc(OCC(=O)OCC)cc3C2)OC(=O)C(=O)O1. The van der Waals surface area contributed by atoms with E-state index in [2.05, 4.69) is 11.9 Å². The van der Waals surface area contributed by atoms with E-state index < -0.39 is 29.9 Å². The molecule has 1 aliphatic carbocycles. The highest BCUT2D eigenvalue weighted by Gasteiger charge is 2.55. The van der Waals surface area contributed by atoms with Crippen LogP contribution in [0, 0.1) is 0 Å². The molecule has 2 aromatic carbocycles. The van der Waals surface area contributed by atoms with Gasteiger partial charge in [0.05, 0.1) is 6.61 Å². The molecule has 2 atom stereocenters. The van der Waals surface area contributed by atoms with E-state index in [1.165, 1.54) is 0 Å². The first kappa shape index (κ1) is 27.9. The van der Waals surface area contributed by atoms with Gasteiger partial charge in [-0.1, -0.05) is 30.9 Å². The number of carbonyl (C=O) groups is 3. The summed E-state index contributed by atoms with van der Waals surface area (Å²) in [6, 6.07) is 12.0. The number of aliphatic hydroxyl groups is 1. The molecule has 1 fully saturated rings. The van der Waals surface area contributed by atoms with Crippen LogP contribution in [0.1, 0.15) is 24.5 Å². The molecule has 208 valence electrons. The first-order chi connectivity index (χ1) is 18.8. The van der Waals surface area contributed by atoms with E-state index in [1.54, 1.807) is 43.3 Å². The summed E-state index contributed by atoms with van der Waals surface area (Å²) in [5, 5.41) is 14.1. The number of aryl methyl sites for hydroxylation is 1. The van der Waals surface area contributed by atoms with Crippen molar-refractivity contribution < 1.29 is 47.9 Å². The van der Waals surface area contributed by atoms with Crippen molar-refractivity contribution in [2.75, 3.05) is 26.4 Å². The van der Waals surface area contributed by atoms with E-state index in [1.807, 2.05) is 12.1 Å². The molecule has 0 saturated carbocycles. The van der Waals surface area contributed by atoms with Crippen molar-refractivity contribution in [3.63, 3.8) is 0 Å². The molecular weight excluding hydrogens is 510 g/mol. The number of ether oxygens (including phenoxy) is 6. The number of hydrogen-bond acceptors (Lipinski definition) is 11. The van der Waals surface area contributed by atoms with Gasteiger partial charge in [-0.15, -0.1) is 0 Å². The molecule has 0 spiro atoms. The Labute approximate surface area is 225 Å². The summed E-state index contributed by atoms with van der Waals surface area (Å²) in [6.07, 6.45) is 1.75. The lowest BCUT2D eigenvalue weighted by Crippen LogP contribution is -2.61. The molecule has 0 amide bonds. The number of esters is 3. The third-order valence-corrected chi connectivity index (χ3v) is 6.17. The molecule has 2 N–H and O–H groups in total. The lowest BCUT2D eigenvalue weighted by Gasteiger charge is -2.36. The fourth-order valence-electron chi connectivity index (χ4n) is 4.36. The van der Waals surface area contributed by atoms with Crippen molar-refractivity contribution in [2.24, 2.45) is 0 Å². The van der Waals surface area contributed by atoms with Crippen LogP contribution in [0.3, 0.4) is 0 Å². The number of hydrogen-bond donors (Lipinski definition) is 2. The third kappa shape index (κ3) is 6.87. The van der Waals surface area contributed by atoms with Crippen LogP contribution in [-0.4, -0.2) is 67.5 Å². The van der Waals surface area contributed by atoms with Crippen molar-refractivity contribution in [1.29, 1.82) is 0 Å². The lowest BCUT2D eigenvalue weighted by molar-refractivity contribution is -0.244. The van der Waals surface area contributed by atoms with Crippen molar-refractivity contribution in [1.82, 2.24) is 5.32 Å². The van der Waals surface area contributed by atoms with Crippen LogP contribution >= 0.6 is 0 Å². The molecule has 1 unspecified atom stereocenters. The number of nitrogens with one attached hydrogen (secondary N) is 1. The van der Waals surface area contributed by atoms with Crippen molar-refractivity contribution in [3.8, 4) is 17.2 Å². The van der Waals surface area contributed by atoms with Crippen LogP contribution in [0.25, 0.3) is 0 Å². The molecular formula is C28H31NO10. The molecule has 0 radical (unpaired) electrons. The van der Waals surface area contributed by atoms with Gasteiger partial charge >= 0.3 is 23.8 Å². The van der Waals surface area contributed by atoms with Gasteiger partial charge in [0.1, 0.15) is 19.0 Å². The van der Waals surface area contributed by atoms with Gasteiger partial charge in [-0.25, -0.2) is 19.7 Å². The molecule has 1 aliphatic heterocycles. The molecule has 4 rings (SSSR count). The second kappa shape index (κ2) is 12.6. The average molecular weight is 542 g/mol. The second-order valence-corrected chi connectivity index (χ2v) is 8.93. The fourth-order valence-corrected chi connectivity index (χ4v) is 4.36. The van der Waals surface area contributed by atoms with Crippen LogP contribution in [0.5, 0.6) is 17.2 Å². The highest BCUT2D eigenvalue weighted by Crippen LogP contribution is 2.31. The van der Waals surface area contributed by atoms with Gasteiger partial charge in [0, 0.05) is 6.04 Å². The van der Waals surface area contributed by atoms with E-state index >= 15 is 0 Å². The normalized spacial score (nSPS) is 18.3. The topological polar surface area (TPSA) is 139 Å². The number of rotatable bonds is 13. The summed E-state index contributed by atoms with van der Waals surface area (Å²) in [4.78, 5) is 35.7. The summed E-state index contributed by atoms with van der Waals surface area (Å²) < 4.78 is 32.2. The van der Waals surface area contributed by atoms with Gasteiger partial charge in [0.25, 0.3) is 0 Å². The second-order valence-electron chi connectivity index (χ2n) is 8.93. The van der Waals surface area contributed by atoms with Crippen molar-refractivity contribution >= 4 is 17.9 Å². The summed E-state index contributed by atoms with van der Waals surface area (Å²) in [6.45, 7) is 5.27.